The van der Waals surface area contributed by atoms with E-state index in [4.69, 9.17) is 0 Å². The summed E-state index contributed by atoms with van der Waals surface area (Å²) >= 11 is 0. The van der Waals surface area contributed by atoms with Crippen LogP contribution in [0.4, 0.5) is 0 Å². The molecule has 0 bridgehead atoms. The molecule has 2 nitrogen and oxygen atoms in total. The molecule has 0 fully saturated rings. The molecule has 1 rings (SSSR count). The van der Waals surface area contributed by atoms with E-state index in [0.717, 1.165) is 0 Å². The van der Waals surface area contributed by atoms with E-state index in [1.54, 1.807) is 0 Å². The average molecular weight is 177 g/mol. The normalized spacial score (nSPS) is 12.2. The highest BCUT2D eigenvalue weighted by atomic mass is 16.1. The Labute approximate surface area is 79.0 Å². The smallest absolute Gasteiger partial charge is 0.217 e. The Bertz CT molecular complexity index is 307. The third-order valence-corrected chi connectivity index (χ3v) is 2.07. The van der Waals surface area contributed by atoms with Crippen LogP contribution < -0.4 is 5.32 Å². The minimum absolute atomic E-state index is 0.00996. The largest absolute Gasteiger partial charge is 0.350 e. The molecule has 13 heavy (non-hydrogen) atoms. The van der Waals surface area contributed by atoms with E-state index in [-0.39, 0.29) is 11.9 Å². The van der Waals surface area contributed by atoms with Crippen LogP contribution in [0, 0.1) is 6.92 Å². The Hall–Kier alpha value is -1.31. The zero-order valence-electron chi connectivity index (χ0n) is 8.29. The van der Waals surface area contributed by atoms with Crippen molar-refractivity contribution in [2.24, 2.45) is 0 Å². The second-order valence-corrected chi connectivity index (χ2v) is 3.28. The first kappa shape index (κ1) is 9.78. The molecule has 0 aliphatic carbocycles. The van der Waals surface area contributed by atoms with Crippen LogP contribution in [-0.4, -0.2) is 5.91 Å². The van der Waals surface area contributed by atoms with E-state index < -0.39 is 0 Å². The summed E-state index contributed by atoms with van der Waals surface area (Å²) < 4.78 is 0. The zero-order chi connectivity index (χ0) is 9.84. The van der Waals surface area contributed by atoms with E-state index >= 15 is 0 Å². The second kappa shape index (κ2) is 4.08. The van der Waals surface area contributed by atoms with Gasteiger partial charge in [0.15, 0.2) is 0 Å². The highest BCUT2D eigenvalue weighted by Crippen LogP contribution is 2.16. The monoisotopic (exact) mass is 177 g/mol. The van der Waals surface area contributed by atoms with Gasteiger partial charge in [-0.15, -0.1) is 0 Å². The van der Waals surface area contributed by atoms with Crippen molar-refractivity contribution in [1.29, 1.82) is 0 Å². The van der Waals surface area contributed by atoms with Crippen LogP contribution in [0.15, 0.2) is 24.3 Å². The summed E-state index contributed by atoms with van der Waals surface area (Å²) in [5, 5.41) is 2.86. The lowest BCUT2D eigenvalue weighted by Gasteiger charge is -2.14. The fraction of sp³-hybridized carbons (Fsp3) is 0.364. The molecule has 0 heterocycles. The lowest BCUT2D eigenvalue weighted by molar-refractivity contribution is -0.119. The minimum Gasteiger partial charge on any atom is -0.350 e. The fourth-order valence-corrected chi connectivity index (χ4v) is 1.46. The molecule has 0 aliphatic heterocycles. The molecule has 1 atom stereocenters. The van der Waals surface area contributed by atoms with Crippen LogP contribution in [0.5, 0.6) is 0 Å². The highest BCUT2D eigenvalue weighted by molar-refractivity contribution is 5.73. The molecule has 0 spiro atoms. The van der Waals surface area contributed by atoms with Crippen LogP contribution in [-0.2, 0) is 4.79 Å². The summed E-state index contributed by atoms with van der Waals surface area (Å²) in [6.45, 7) is 5.58. The molecular weight excluding hydrogens is 162 g/mol. The van der Waals surface area contributed by atoms with E-state index in [2.05, 4.69) is 5.32 Å². The third kappa shape index (κ3) is 2.58. The van der Waals surface area contributed by atoms with Gasteiger partial charge in [-0.05, 0) is 25.0 Å². The van der Waals surface area contributed by atoms with Gasteiger partial charge in [-0.1, -0.05) is 24.3 Å². The van der Waals surface area contributed by atoms with Gasteiger partial charge in [-0.2, -0.15) is 0 Å². The number of hydrogen-bond donors (Lipinski definition) is 1. The Kier molecular flexibility index (Phi) is 3.07. The molecule has 1 aromatic rings. The lowest BCUT2D eigenvalue weighted by atomic mass is 10.0. The van der Waals surface area contributed by atoms with Crippen LogP contribution in [0.2, 0.25) is 0 Å². The molecule has 0 radical (unpaired) electrons. The second-order valence-electron chi connectivity index (χ2n) is 3.28. The molecule has 0 saturated carbocycles. The summed E-state index contributed by atoms with van der Waals surface area (Å²) in [5.74, 6) is 0.00996. The number of aryl methyl sites for hydroxylation is 1. The molecule has 0 aliphatic rings. The molecule has 0 aromatic heterocycles. The molecule has 0 unspecified atom stereocenters. The quantitative estimate of drug-likeness (QED) is 0.737. The maximum absolute atomic E-state index is 10.8. The number of rotatable bonds is 2. The van der Waals surface area contributed by atoms with Gasteiger partial charge in [0, 0.05) is 6.92 Å². The number of carbonyl (C=O) groups excluding carboxylic acids is 1. The summed E-state index contributed by atoms with van der Waals surface area (Å²) in [6.07, 6.45) is 0. The van der Waals surface area contributed by atoms with E-state index in [1.807, 2.05) is 38.1 Å². The summed E-state index contributed by atoms with van der Waals surface area (Å²) in [7, 11) is 0. The predicted octanol–water partition coefficient (Wildman–Crippen LogP) is 2.19. The Morgan fingerprint density at radius 2 is 2.00 bits per heavy atom. The summed E-state index contributed by atoms with van der Waals surface area (Å²) in [5.41, 5.74) is 2.39. The maximum atomic E-state index is 10.8. The first-order valence-electron chi connectivity index (χ1n) is 4.44. The van der Waals surface area contributed by atoms with Gasteiger partial charge >= 0.3 is 0 Å². The van der Waals surface area contributed by atoms with Gasteiger partial charge in [0.25, 0.3) is 0 Å². The first-order valence-corrected chi connectivity index (χ1v) is 4.44. The Morgan fingerprint density at radius 1 is 1.38 bits per heavy atom. The zero-order valence-corrected chi connectivity index (χ0v) is 8.29. The maximum Gasteiger partial charge on any atom is 0.217 e. The van der Waals surface area contributed by atoms with Gasteiger partial charge in [-0.25, -0.2) is 0 Å². The van der Waals surface area contributed by atoms with Crippen LogP contribution in [0.3, 0.4) is 0 Å². The van der Waals surface area contributed by atoms with Gasteiger partial charge < -0.3 is 5.32 Å². The molecule has 1 N–H and O–H groups in total. The van der Waals surface area contributed by atoms with E-state index in [9.17, 15) is 4.79 Å². The van der Waals surface area contributed by atoms with Crippen LogP contribution >= 0.6 is 0 Å². The molecule has 0 saturated heterocycles. The summed E-state index contributed by atoms with van der Waals surface area (Å²) in [6, 6.07) is 8.17. The van der Waals surface area contributed by atoms with Gasteiger partial charge in [0.1, 0.15) is 0 Å². The predicted molar refractivity (Wildman–Crippen MR) is 53.4 cm³/mol. The number of carbonyl (C=O) groups is 1. The Morgan fingerprint density at radius 3 is 2.54 bits per heavy atom. The van der Waals surface area contributed by atoms with Crippen molar-refractivity contribution < 1.29 is 4.79 Å². The van der Waals surface area contributed by atoms with E-state index in [1.165, 1.54) is 18.1 Å². The van der Waals surface area contributed by atoms with Crippen molar-refractivity contribution in [3.05, 3.63) is 35.4 Å². The van der Waals surface area contributed by atoms with Crippen LogP contribution in [0.25, 0.3) is 0 Å². The number of hydrogen-bond acceptors (Lipinski definition) is 1. The first-order chi connectivity index (χ1) is 6.11. The summed E-state index contributed by atoms with van der Waals surface area (Å²) in [4.78, 5) is 10.8. The highest BCUT2D eigenvalue weighted by Gasteiger charge is 2.07. The molecule has 2 heteroatoms. The lowest BCUT2D eigenvalue weighted by Crippen LogP contribution is -2.24. The topological polar surface area (TPSA) is 29.1 Å². The van der Waals surface area contributed by atoms with Crippen molar-refractivity contribution in [2.75, 3.05) is 0 Å². The number of amides is 1. The van der Waals surface area contributed by atoms with Crippen LogP contribution in [0.1, 0.15) is 31.0 Å². The number of benzene rings is 1. The molecule has 1 aromatic carbocycles. The Balaban J connectivity index is 2.82. The SMILES string of the molecule is CC(=O)N[C@@H](C)c1ccccc1C. The third-order valence-electron chi connectivity index (χ3n) is 2.07. The van der Waals surface area contributed by atoms with Crippen molar-refractivity contribution in [2.45, 2.75) is 26.8 Å². The van der Waals surface area contributed by atoms with Crippen molar-refractivity contribution >= 4 is 5.91 Å². The minimum atomic E-state index is 0.00996. The molecule has 70 valence electrons. The average Bonchev–Trinajstić information content (AvgIpc) is 2.03. The van der Waals surface area contributed by atoms with Gasteiger partial charge in [0.2, 0.25) is 5.91 Å². The van der Waals surface area contributed by atoms with Crippen molar-refractivity contribution in [3.8, 4) is 0 Å². The van der Waals surface area contributed by atoms with Gasteiger partial charge in [-0.3, -0.25) is 4.79 Å². The van der Waals surface area contributed by atoms with Crippen molar-refractivity contribution in [1.82, 2.24) is 5.32 Å². The molecule has 1 amide bonds. The van der Waals surface area contributed by atoms with E-state index in [0.29, 0.717) is 0 Å². The van der Waals surface area contributed by atoms with Gasteiger partial charge in [0.05, 0.1) is 6.04 Å². The molecular formula is C11H15NO. The van der Waals surface area contributed by atoms with Crippen molar-refractivity contribution in [3.63, 3.8) is 0 Å². The number of nitrogens with one attached hydrogen (secondary N) is 1. The standard InChI is InChI=1S/C11H15NO/c1-8-6-4-5-7-11(8)9(2)12-10(3)13/h4-7,9H,1-3H3,(H,12,13)/t9-/m0/s1. The fourth-order valence-electron chi connectivity index (χ4n) is 1.46.